The van der Waals surface area contributed by atoms with Crippen molar-refractivity contribution < 1.29 is 9.59 Å². The van der Waals surface area contributed by atoms with Gasteiger partial charge >= 0.3 is 0 Å². The van der Waals surface area contributed by atoms with Crippen molar-refractivity contribution in [3.63, 3.8) is 0 Å². The summed E-state index contributed by atoms with van der Waals surface area (Å²) in [7, 11) is 0. The molecule has 1 heterocycles. The number of ketones is 1. The predicted octanol–water partition coefficient (Wildman–Crippen LogP) is 2.51. The number of hydrogen-bond acceptors (Lipinski definition) is 5. The van der Waals surface area contributed by atoms with Gasteiger partial charge in [-0.25, -0.2) is 4.98 Å². The van der Waals surface area contributed by atoms with Gasteiger partial charge in [-0.3, -0.25) is 19.0 Å². The van der Waals surface area contributed by atoms with E-state index in [2.05, 4.69) is 10.3 Å². The first-order chi connectivity index (χ1) is 13.1. The van der Waals surface area contributed by atoms with Gasteiger partial charge < -0.3 is 5.32 Å². The number of para-hydroxylation sites is 1. The van der Waals surface area contributed by atoms with Crippen LogP contribution in [0.2, 0.25) is 0 Å². The van der Waals surface area contributed by atoms with Gasteiger partial charge in [0.05, 0.1) is 16.7 Å². The molecule has 0 aliphatic rings. The SMILES string of the molecule is CC(=O)NCCn1c(SCC(=O)c2ccccc2)nc2ccccc2c1=O. The van der Waals surface area contributed by atoms with Gasteiger partial charge in [0.2, 0.25) is 5.91 Å². The second-order valence-corrected chi connectivity index (χ2v) is 6.87. The number of hydrogen-bond donors (Lipinski definition) is 1. The summed E-state index contributed by atoms with van der Waals surface area (Å²) >= 11 is 1.23. The van der Waals surface area contributed by atoms with Crippen LogP contribution in [-0.4, -0.2) is 33.5 Å². The summed E-state index contributed by atoms with van der Waals surface area (Å²) in [5.74, 6) is -0.0174. The van der Waals surface area contributed by atoms with Crippen molar-refractivity contribution in [2.75, 3.05) is 12.3 Å². The van der Waals surface area contributed by atoms with Crippen molar-refractivity contribution >= 4 is 34.4 Å². The van der Waals surface area contributed by atoms with Crippen LogP contribution in [0.5, 0.6) is 0 Å². The van der Waals surface area contributed by atoms with Gasteiger partial charge in [-0.15, -0.1) is 0 Å². The quantitative estimate of drug-likeness (QED) is 0.386. The molecule has 0 aliphatic heterocycles. The highest BCUT2D eigenvalue weighted by atomic mass is 32.2. The maximum absolute atomic E-state index is 12.9. The van der Waals surface area contributed by atoms with Gasteiger partial charge in [0.25, 0.3) is 5.56 Å². The van der Waals surface area contributed by atoms with E-state index in [0.29, 0.717) is 28.2 Å². The van der Waals surface area contributed by atoms with E-state index in [9.17, 15) is 14.4 Å². The molecule has 3 aromatic rings. The summed E-state index contributed by atoms with van der Waals surface area (Å²) in [5, 5.41) is 3.66. The van der Waals surface area contributed by atoms with E-state index in [1.807, 2.05) is 24.3 Å². The Kier molecular flexibility index (Phi) is 6.03. The maximum Gasteiger partial charge on any atom is 0.262 e. The van der Waals surface area contributed by atoms with Crippen LogP contribution in [0.1, 0.15) is 17.3 Å². The number of nitrogens with zero attached hydrogens (tertiary/aromatic N) is 2. The number of carbonyl (C=O) groups is 2. The number of Topliss-reactive ketones (excluding diaryl/α,β-unsaturated/α-hetero) is 1. The first-order valence-electron chi connectivity index (χ1n) is 8.51. The molecule has 0 bridgehead atoms. The van der Waals surface area contributed by atoms with Crippen LogP contribution in [0.25, 0.3) is 10.9 Å². The van der Waals surface area contributed by atoms with E-state index in [0.717, 1.165) is 0 Å². The number of thioether (sulfide) groups is 1. The lowest BCUT2D eigenvalue weighted by Gasteiger charge is -2.13. The molecule has 1 N–H and O–H groups in total. The highest BCUT2D eigenvalue weighted by molar-refractivity contribution is 7.99. The minimum Gasteiger partial charge on any atom is -0.355 e. The zero-order valence-corrected chi connectivity index (χ0v) is 15.7. The summed E-state index contributed by atoms with van der Waals surface area (Å²) in [4.78, 5) is 40.9. The van der Waals surface area contributed by atoms with Gasteiger partial charge in [-0.1, -0.05) is 54.2 Å². The Morgan fingerprint density at radius 3 is 2.52 bits per heavy atom. The molecule has 3 rings (SSSR count). The van der Waals surface area contributed by atoms with Crippen molar-refractivity contribution in [2.24, 2.45) is 0 Å². The largest absolute Gasteiger partial charge is 0.355 e. The lowest BCUT2D eigenvalue weighted by Crippen LogP contribution is -2.31. The van der Waals surface area contributed by atoms with Crippen LogP contribution >= 0.6 is 11.8 Å². The van der Waals surface area contributed by atoms with Gasteiger partial charge in [0.1, 0.15) is 0 Å². The molecule has 2 aromatic carbocycles. The number of carbonyl (C=O) groups excluding carboxylic acids is 2. The molecule has 0 spiro atoms. The number of amides is 1. The molecule has 0 atom stereocenters. The van der Waals surface area contributed by atoms with Gasteiger partial charge in [-0.2, -0.15) is 0 Å². The third-order valence-electron chi connectivity index (χ3n) is 3.96. The van der Waals surface area contributed by atoms with Crippen LogP contribution in [0.4, 0.5) is 0 Å². The molecule has 0 unspecified atom stereocenters. The van der Waals surface area contributed by atoms with Crippen molar-refractivity contribution in [2.45, 2.75) is 18.6 Å². The average Bonchev–Trinajstić information content (AvgIpc) is 2.68. The molecule has 1 amide bonds. The minimum absolute atomic E-state index is 0.0311. The Hall–Kier alpha value is -2.93. The molecule has 0 saturated heterocycles. The Morgan fingerprint density at radius 2 is 1.78 bits per heavy atom. The summed E-state index contributed by atoms with van der Waals surface area (Å²) in [6, 6.07) is 16.1. The highest BCUT2D eigenvalue weighted by Crippen LogP contribution is 2.19. The Bertz CT molecular complexity index is 1030. The second-order valence-electron chi connectivity index (χ2n) is 5.93. The maximum atomic E-state index is 12.9. The second kappa shape index (κ2) is 8.64. The summed E-state index contributed by atoms with van der Waals surface area (Å²) in [6.07, 6.45) is 0. The normalized spacial score (nSPS) is 10.7. The molecule has 0 fully saturated rings. The molecule has 0 aliphatic carbocycles. The standard InChI is InChI=1S/C20H19N3O3S/c1-14(24)21-11-12-23-19(26)16-9-5-6-10-17(16)22-20(23)27-13-18(25)15-7-3-2-4-8-15/h2-10H,11-13H2,1H3,(H,21,24). The fourth-order valence-corrected chi connectivity index (χ4v) is 3.56. The Labute approximate surface area is 160 Å². The van der Waals surface area contributed by atoms with E-state index in [1.54, 1.807) is 30.3 Å². The van der Waals surface area contributed by atoms with Crippen molar-refractivity contribution in [1.29, 1.82) is 0 Å². The van der Waals surface area contributed by atoms with Crippen LogP contribution < -0.4 is 10.9 Å². The lowest BCUT2D eigenvalue weighted by molar-refractivity contribution is -0.119. The molecule has 0 radical (unpaired) electrons. The monoisotopic (exact) mass is 381 g/mol. The molecule has 7 heteroatoms. The third kappa shape index (κ3) is 4.62. The van der Waals surface area contributed by atoms with Gasteiger partial charge in [-0.05, 0) is 12.1 Å². The summed E-state index contributed by atoms with van der Waals surface area (Å²) < 4.78 is 1.52. The Balaban J connectivity index is 1.88. The molecular weight excluding hydrogens is 362 g/mol. The molecule has 0 saturated carbocycles. The zero-order valence-electron chi connectivity index (χ0n) is 14.8. The van der Waals surface area contributed by atoms with E-state index < -0.39 is 0 Å². The molecular formula is C20H19N3O3S. The summed E-state index contributed by atoms with van der Waals surface area (Å²) in [5.41, 5.74) is 1.03. The van der Waals surface area contributed by atoms with Crippen LogP contribution in [0.3, 0.4) is 0 Å². The number of benzene rings is 2. The predicted molar refractivity (Wildman–Crippen MR) is 106 cm³/mol. The number of aromatic nitrogens is 2. The number of rotatable bonds is 7. The Morgan fingerprint density at radius 1 is 1.07 bits per heavy atom. The first kappa shape index (κ1) is 18.8. The van der Waals surface area contributed by atoms with E-state index in [-0.39, 0.29) is 29.5 Å². The highest BCUT2D eigenvalue weighted by Gasteiger charge is 2.14. The average molecular weight is 381 g/mol. The third-order valence-corrected chi connectivity index (χ3v) is 4.94. The first-order valence-corrected chi connectivity index (χ1v) is 9.50. The van der Waals surface area contributed by atoms with Crippen LogP contribution in [-0.2, 0) is 11.3 Å². The smallest absolute Gasteiger partial charge is 0.262 e. The number of fused-ring (bicyclic) bond motifs is 1. The van der Waals surface area contributed by atoms with Gasteiger partial charge in [0, 0.05) is 25.6 Å². The van der Waals surface area contributed by atoms with Crippen LogP contribution in [0, 0.1) is 0 Å². The lowest BCUT2D eigenvalue weighted by atomic mass is 10.2. The zero-order chi connectivity index (χ0) is 19.2. The van der Waals surface area contributed by atoms with E-state index in [1.165, 1.54) is 23.3 Å². The fourth-order valence-electron chi connectivity index (χ4n) is 2.64. The fraction of sp³-hybridized carbons (Fsp3) is 0.200. The van der Waals surface area contributed by atoms with Crippen LogP contribution in [0.15, 0.2) is 64.5 Å². The van der Waals surface area contributed by atoms with Crippen molar-refractivity contribution in [3.05, 3.63) is 70.5 Å². The molecule has 6 nitrogen and oxygen atoms in total. The summed E-state index contributed by atoms with van der Waals surface area (Å²) in [6.45, 7) is 2.03. The molecule has 1 aromatic heterocycles. The number of nitrogens with one attached hydrogen (secondary N) is 1. The molecule has 138 valence electrons. The topological polar surface area (TPSA) is 81.1 Å². The van der Waals surface area contributed by atoms with Crippen molar-refractivity contribution in [1.82, 2.24) is 14.9 Å². The van der Waals surface area contributed by atoms with E-state index in [4.69, 9.17) is 0 Å². The van der Waals surface area contributed by atoms with E-state index >= 15 is 0 Å². The van der Waals surface area contributed by atoms with Gasteiger partial charge in [0.15, 0.2) is 10.9 Å². The minimum atomic E-state index is -0.180. The molecule has 27 heavy (non-hydrogen) atoms. The van der Waals surface area contributed by atoms with Crippen molar-refractivity contribution in [3.8, 4) is 0 Å².